The van der Waals surface area contributed by atoms with Crippen molar-refractivity contribution in [2.45, 2.75) is 18.2 Å². The zero-order valence-corrected chi connectivity index (χ0v) is 8.85. The molecule has 0 bridgehead atoms. The van der Waals surface area contributed by atoms with Crippen LogP contribution in [0.5, 0.6) is 0 Å². The van der Waals surface area contributed by atoms with E-state index in [1.165, 1.54) is 5.56 Å². The van der Waals surface area contributed by atoms with Gasteiger partial charge in [-0.2, -0.15) is 0 Å². The first-order valence-corrected chi connectivity index (χ1v) is 5.41. The lowest BCUT2D eigenvalue weighted by molar-refractivity contribution is 1.06. The number of pyridine rings is 1. The number of halogens is 2. The van der Waals surface area contributed by atoms with E-state index in [9.17, 15) is 0 Å². The van der Waals surface area contributed by atoms with Crippen LogP contribution in [0.4, 0.5) is 0 Å². The Morgan fingerprint density at radius 1 is 1.33 bits per heavy atom. The molecule has 0 spiro atoms. The average Bonchev–Trinajstić information content (AvgIpc) is 2.48. The molecule has 0 aromatic carbocycles. The molecule has 0 radical (unpaired) electrons. The van der Waals surface area contributed by atoms with E-state index in [0.29, 0.717) is 10.3 Å². The van der Waals surface area contributed by atoms with Crippen LogP contribution >= 0.6 is 35.0 Å². The Bertz CT molecular complexity index is 338. The van der Waals surface area contributed by atoms with Crippen molar-refractivity contribution in [1.82, 2.24) is 4.98 Å². The van der Waals surface area contributed by atoms with Crippen LogP contribution in [-0.4, -0.2) is 10.7 Å². The molecule has 64 valence electrons. The molecule has 0 saturated carbocycles. The number of nitrogens with zero attached hydrogens (tertiary/aromatic N) is 1. The second-order valence-corrected chi connectivity index (χ2v) is 4.55. The highest BCUT2D eigenvalue weighted by atomic mass is 35.5. The van der Waals surface area contributed by atoms with Crippen LogP contribution in [0.1, 0.15) is 11.1 Å². The van der Waals surface area contributed by atoms with Crippen LogP contribution in [0.25, 0.3) is 0 Å². The van der Waals surface area contributed by atoms with Gasteiger partial charge in [0, 0.05) is 10.6 Å². The van der Waals surface area contributed by atoms with E-state index in [1.807, 2.05) is 6.92 Å². The highest BCUT2D eigenvalue weighted by molar-refractivity contribution is 7.99. The highest BCUT2D eigenvalue weighted by Gasteiger charge is 2.19. The number of rotatable bonds is 0. The number of thioether (sulfide) groups is 1. The van der Waals surface area contributed by atoms with Crippen molar-refractivity contribution >= 4 is 35.0 Å². The van der Waals surface area contributed by atoms with Crippen molar-refractivity contribution in [1.29, 1.82) is 0 Å². The summed E-state index contributed by atoms with van der Waals surface area (Å²) in [6, 6.07) is 0. The zero-order valence-electron chi connectivity index (χ0n) is 6.53. The van der Waals surface area contributed by atoms with Gasteiger partial charge in [-0.15, -0.1) is 11.8 Å². The summed E-state index contributed by atoms with van der Waals surface area (Å²) >= 11 is 13.6. The molecule has 0 amide bonds. The molecule has 1 aromatic heterocycles. The largest absolute Gasteiger partial charge is 0.223 e. The standard InChI is InChI=1S/C8H7Cl2NS/c1-4-5-2-3-12-6(5)8(10)11-7(4)9/h2-3H2,1H3. The average molecular weight is 220 g/mol. The minimum Gasteiger partial charge on any atom is -0.223 e. The lowest BCUT2D eigenvalue weighted by Gasteiger charge is -2.05. The summed E-state index contributed by atoms with van der Waals surface area (Å²) < 4.78 is 0. The van der Waals surface area contributed by atoms with E-state index in [2.05, 4.69) is 4.98 Å². The van der Waals surface area contributed by atoms with Crippen LogP contribution in [-0.2, 0) is 6.42 Å². The second-order valence-electron chi connectivity index (χ2n) is 2.72. The first kappa shape index (κ1) is 8.67. The fraction of sp³-hybridized carbons (Fsp3) is 0.375. The Morgan fingerprint density at radius 2 is 2.08 bits per heavy atom. The van der Waals surface area contributed by atoms with Gasteiger partial charge < -0.3 is 0 Å². The lowest BCUT2D eigenvalue weighted by Crippen LogP contribution is -1.92. The molecule has 0 aliphatic carbocycles. The molecule has 2 heterocycles. The highest BCUT2D eigenvalue weighted by Crippen LogP contribution is 2.39. The van der Waals surface area contributed by atoms with E-state index in [0.717, 1.165) is 22.6 Å². The van der Waals surface area contributed by atoms with Crippen molar-refractivity contribution in [3.63, 3.8) is 0 Å². The molecule has 2 rings (SSSR count). The molecule has 1 nitrogen and oxygen atoms in total. The molecule has 0 atom stereocenters. The second kappa shape index (κ2) is 3.09. The predicted octanol–water partition coefficient (Wildman–Crippen LogP) is 3.35. The molecule has 0 N–H and O–H groups in total. The van der Waals surface area contributed by atoms with Gasteiger partial charge in [-0.3, -0.25) is 0 Å². The van der Waals surface area contributed by atoms with Crippen LogP contribution in [0.3, 0.4) is 0 Å². The summed E-state index contributed by atoms with van der Waals surface area (Å²) in [5.74, 6) is 1.10. The van der Waals surface area contributed by atoms with Gasteiger partial charge >= 0.3 is 0 Å². The lowest BCUT2D eigenvalue weighted by atomic mass is 10.1. The van der Waals surface area contributed by atoms with Gasteiger partial charge in [-0.25, -0.2) is 4.98 Å². The number of fused-ring (bicyclic) bond motifs is 1. The quantitative estimate of drug-likeness (QED) is 0.622. The first-order chi connectivity index (χ1) is 5.70. The summed E-state index contributed by atoms with van der Waals surface area (Å²) in [6.45, 7) is 2.00. The zero-order chi connectivity index (χ0) is 8.72. The fourth-order valence-electron chi connectivity index (χ4n) is 1.34. The topological polar surface area (TPSA) is 12.9 Å². The van der Waals surface area contributed by atoms with Crippen molar-refractivity contribution < 1.29 is 0 Å². The van der Waals surface area contributed by atoms with Crippen molar-refractivity contribution in [3.05, 3.63) is 21.4 Å². The molecule has 0 saturated heterocycles. The van der Waals surface area contributed by atoms with E-state index >= 15 is 0 Å². The van der Waals surface area contributed by atoms with E-state index in [1.54, 1.807) is 11.8 Å². The summed E-state index contributed by atoms with van der Waals surface area (Å²) in [5.41, 5.74) is 2.37. The number of aromatic nitrogens is 1. The van der Waals surface area contributed by atoms with Crippen LogP contribution in [0, 0.1) is 6.92 Å². The van der Waals surface area contributed by atoms with Gasteiger partial charge in [0.25, 0.3) is 0 Å². The van der Waals surface area contributed by atoms with Crippen molar-refractivity contribution in [2.75, 3.05) is 5.75 Å². The van der Waals surface area contributed by atoms with Gasteiger partial charge in [0.2, 0.25) is 0 Å². The van der Waals surface area contributed by atoms with E-state index < -0.39 is 0 Å². The van der Waals surface area contributed by atoms with Gasteiger partial charge in [-0.1, -0.05) is 23.2 Å². The summed E-state index contributed by atoms with van der Waals surface area (Å²) in [6.07, 6.45) is 1.06. The van der Waals surface area contributed by atoms with Crippen LogP contribution in [0.2, 0.25) is 10.3 Å². The van der Waals surface area contributed by atoms with Gasteiger partial charge in [0.15, 0.2) is 0 Å². The molecule has 1 aliphatic rings. The summed E-state index contributed by atoms with van der Waals surface area (Å²) in [5, 5.41) is 1.10. The van der Waals surface area contributed by atoms with Crippen LogP contribution in [0.15, 0.2) is 4.90 Å². The summed E-state index contributed by atoms with van der Waals surface area (Å²) in [4.78, 5) is 5.18. The maximum absolute atomic E-state index is 5.93. The molecule has 0 unspecified atom stereocenters. The van der Waals surface area contributed by atoms with Crippen LogP contribution < -0.4 is 0 Å². The van der Waals surface area contributed by atoms with Crippen molar-refractivity contribution in [3.8, 4) is 0 Å². The fourth-order valence-corrected chi connectivity index (χ4v) is 3.05. The molecule has 1 aromatic rings. The summed E-state index contributed by atoms with van der Waals surface area (Å²) in [7, 11) is 0. The van der Waals surface area contributed by atoms with Gasteiger partial charge in [0.05, 0.1) is 0 Å². The molecule has 1 aliphatic heterocycles. The Kier molecular flexibility index (Phi) is 2.23. The van der Waals surface area contributed by atoms with E-state index in [4.69, 9.17) is 23.2 Å². The van der Waals surface area contributed by atoms with Gasteiger partial charge in [-0.05, 0) is 24.5 Å². The minimum absolute atomic E-state index is 0.543. The Hall–Kier alpha value is 0.0800. The van der Waals surface area contributed by atoms with E-state index in [-0.39, 0.29) is 0 Å². The molecule has 12 heavy (non-hydrogen) atoms. The minimum atomic E-state index is 0.543. The Labute approximate surface area is 85.5 Å². The first-order valence-electron chi connectivity index (χ1n) is 3.67. The molecule has 0 fully saturated rings. The SMILES string of the molecule is Cc1c(Cl)nc(Cl)c2c1CCS2. The molecule has 4 heteroatoms. The monoisotopic (exact) mass is 219 g/mol. The third-order valence-electron chi connectivity index (χ3n) is 2.02. The molecular weight excluding hydrogens is 213 g/mol. The molecular formula is C8H7Cl2NS. The number of hydrogen-bond donors (Lipinski definition) is 0. The Balaban J connectivity index is 2.69. The maximum Gasteiger partial charge on any atom is 0.144 e. The van der Waals surface area contributed by atoms with Crippen molar-refractivity contribution in [2.24, 2.45) is 0 Å². The third kappa shape index (κ3) is 1.22. The maximum atomic E-state index is 5.93. The predicted molar refractivity (Wildman–Crippen MR) is 53.4 cm³/mol. The Morgan fingerprint density at radius 3 is 2.83 bits per heavy atom. The normalized spacial score (nSPS) is 14.9. The van der Waals surface area contributed by atoms with Gasteiger partial charge in [0.1, 0.15) is 10.3 Å². The smallest absolute Gasteiger partial charge is 0.144 e. The third-order valence-corrected chi connectivity index (χ3v) is 3.91. The number of hydrogen-bond acceptors (Lipinski definition) is 2.